The molecule has 104 valence electrons. The first-order valence-electron chi connectivity index (χ1n) is 7.45. The van der Waals surface area contributed by atoms with Crippen molar-refractivity contribution in [2.24, 2.45) is 0 Å². The highest BCUT2D eigenvalue weighted by molar-refractivity contribution is 5.99. The van der Waals surface area contributed by atoms with Gasteiger partial charge in [-0.05, 0) is 42.9 Å². The fraction of sp³-hybridized carbons (Fsp3) is 0.588. The van der Waals surface area contributed by atoms with Gasteiger partial charge in [-0.1, -0.05) is 38.8 Å². The maximum Gasteiger partial charge on any atom is 0.176 e. The van der Waals surface area contributed by atoms with E-state index in [-0.39, 0.29) is 5.78 Å². The van der Waals surface area contributed by atoms with Crippen LogP contribution in [0.4, 0.5) is 0 Å². The number of carbonyl (C=O) groups excluding carboxylic acids is 1. The quantitative estimate of drug-likeness (QED) is 0.814. The second kappa shape index (κ2) is 6.33. The minimum Gasteiger partial charge on any atom is -0.307 e. The first-order chi connectivity index (χ1) is 9.08. The molecule has 0 amide bonds. The second-order valence-electron chi connectivity index (χ2n) is 6.01. The van der Waals surface area contributed by atoms with Crippen molar-refractivity contribution in [1.29, 1.82) is 0 Å². The van der Waals surface area contributed by atoms with Crippen LogP contribution in [0.25, 0.3) is 0 Å². The molecule has 1 fully saturated rings. The van der Waals surface area contributed by atoms with Crippen LogP contribution >= 0.6 is 0 Å². The zero-order chi connectivity index (χ0) is 13.8. The third-order valence-electron chi connectivity index (χ3n) is 4.14. The molecule has 0 aromatic heterocycles. The predicted molar refractivity (Wildman–Crippen MR) is 79.9 cm³/mol. The summed E-state index contributed by atoms with van der Waals surface area (Å²) in [6, 6.07) is 6.82. The Hall–Kier alpha value is -1.15. The largest absolute Gasteiger partial charge is 0.307 e. The van der Waals surface area contributed by atoms with Gasteiger partial charge in [-0.2, -0.15) is 0 Å². The molecule has 1 N–H and O–H groups in total. The molecule has 0 radical (unpaired) electrons. The van der Waals surface area contributed by atoms with Gasteiger partial charge in [0.2, 0.25) is 0 Å². The summed E-state index contributed by atoms with van der Waals surface area (Å²) < 4.78 is 0. The first kappa shape index (κ1) is 14.3. The molecule has 0 bridgehead atoms. The van der Waals surface area contributed by atoms with Gasteiger partial charge >= 0.3 is 0 Å². The highest BCUT2D eigenvalue weighted by atomic mass is 16.1. The van der Waals surface area contributed by atoms with Crippen molar-refractivity contribution in [2.75, 3.05) is 6.54 Å². The van der Waals surface area contributed by atoms with Crippen molar-refractivity contribution < 1.29 is 4.79 Å². The Morgan fingerprint density at radius 3 is 2.63 bits per heavy atom. The minimum absolute atomic E-state index is 0.229. The van der Waals surface area contributed by atoms with E-state index in [2.05, 4.69) is 37.4 Å². The van der Waals surface area contributed by atoms with Crippen LogP contribution in [0.2, 0.25) is 0 Å². The highest BCUT2D eigenvalue weighted by Gasteiger charge is 2.17. The molecule has 2 rings (SSSR count). The lowest BCUT2D eigenvalue weighted by atomic mass is 9.96. The maximum absolute atomic E-state index is 12.3. The predicted octanol–water partition coefficient (Wildman–Crippen LogP) is 3.83. The number of nitrogens with one attached hydrogen (secondary N) is 1. The number of ketones is 1. The Balaban J connectivity index is 2.02. The van der Waals surface area contributed by atoms with Crippen LogP contribution in [-0.2, 0) is 0 Å². The van der Waals surface area contributed by atoms with Crippen LogP contribution in [0.3, 0.4) is 0 Å². The summed E-state index contributed by atoms with van der Waals surface area (Å²) in [6.45, 7) is 6.82. The first-order valence-corrected chi connectivity index (χ1v) is 7.45. The van der Waals surface area contributed by atoms with Crippen LogP contribution in [0.15, 0.2) is 18.2 Å². The van der Waals surface area contributed by atoms with Crippen molar-refractivity contribution in [3.8, 4) is 0 Å². The van der Waals surface area contributed by atoms with Crippen LogP contribution < -0.4 is 5.32 Å². The topological polar surface area (TPSA) is 29.1 Å². The summed E-state index contributed by atoms with van der Waals surface area (Å²) in [6.07, 6.45) is 5.04. The van der Waals surface area contributed by atoms with Gasteiger partial charge in [0.05, 0.1) is 6.54 Å². The average molecular weight is 259 g/mol. The van der Waals surface area contributed by atoms with E-state index in [0.29, 0.717) is 18.5 Å². The van der Waals surface area contributed by atoms with Crippen molar-refractivity contribution in [3.05, 3.63) is 34.9 Å². The third-order valence-corrected chi connectivity index (χ3v) is 4.14. The summed E-state index contributed by atoms with van der Waals surface area (Å²) >= 11 is 0. The summed E-state index contributed by atoms with van der Waals surface area (Å²) in [5, 5.41) is 3.41. The van der Waals surface area contributed by atoms with Crippen LogP contribution in [-0.4, -0.2) is 18.4 Å². The minimum atomic E-state index is 0.229. The number of aryl methyl sites for hydroxylation is 1. The Kier molecular flexibility index (Phi) is 4.76. The summed E-state index contributed by atoms with van der Waals surface area (Å²) in [7, 11) is 0. The monoisotopic (exact) mass is 259 g/mol. The molecule has 0 heterocycles. The molecule has 1 saturated carbocycles. The van der Waals surface area contributed by atoms with Crippen molar-refractivity contribution >= 4 is 5.78 Å². The van der Waals surface area contributed by atoms with Gasteiger partial charge in [-0.15, -0.1) is 0 Å². The molecule has 2 heteroatoms. The van der Waals surface area contributed by atoms with Crippen LogP contribution in [0.5, 0.6) is 0 Å². The fourth-order valence-corrected chi connectivity index (χ4v) is 2.76. The molecular weight excluding hydrogens is 234 g/mol. The van der Waals surface area contributed by atoms with Gasteiger partial charge in [-0.25, -0.2) is 0 Å². The number of carbonyl (C=O) groups is 1. The molecular formula is C17H25NO. The molecule has 1 aromatic carbocycles. The smallest absolute Gasteiger partial charge is 0.176 e. The SMILES string of the molecule is Cc1ccc(C(C)C)cc1C(=O)CNC1CCCC1. The van der Waals surface area contributed by atoms with E-state index in [4.69, 9.17) is 0 Å². The number of rotatable bonds is 5. The van der Waals surface area contributed by atoms with Crippen LogP contribution in [0.1, 0.15) is 66.9 Å². The average Bonchev–Trinajstić information content (AvgIpc) is 2.89. The van der Waals surface area contributed by atoms with Crippen LogP contribution in [0, 0.1) is 6.92 Å². The van der Waals surface area contributed by atoms with Gasteiger partial charge in [-0.3, -0.25) is 4.79 Å². The third kappa shape index (κ3) is 3.66. The van der Waals surface area contributed by atoms with E-state index in [0.717, 1.165) is 11.1 Å². The van der Waals surface area contributed by atoms with Crippen molar-refractivity contribution in [1.82, 2.24) is 5.32 Å². The molecule has 0 atom stereocenters. The number of hydrogen-bond donors (Lipinski definition) is 1. The number of hydrogen-bond acceptors (Lipinski definition) is 2. The highest BCUT2D eigenvalue weighted by Crippen LogP contribution is 2.20. The van der Waals surface area contributed by atoms with Gasteiger partial charge in [0.25, 0.3) is 0 Å². The van der Waals surface area contributed by atoms with E-state index in [9.17, 15) is 4.79 Å². The van der Waals surface area contributed by atoms with Gasteiger partial charge in [0.15, 0.2) is 5.78 Å². The lowest BCUT2D eigenvalue weighted by Gasteiger charge is -2.13. The summed E-state index contributed by atoms with van der Waals surface area (Å²) in [5.74, 6) is 0.696. The summed E-state index contributed by atoms with van der Waals surface area (Å²) in [5.41, 5.74) is 3.22. The lowest BCUT2D eigenvalue weighted by Crippen LogP contribution is -2.31. The standard InChI is InChI=1S/C17H25NO/c1-12(2)14-9-8-13(3)16(10-14)17(19)11-18-15-6-4-5-7-15/h8-10,12,15,18H,4-7,11H2,1-3H3. The van der Waals surface area contributed by atoms with E-state index in [1.54, 1.807) is 0 Å². The van der Waals surface area contributed by atoms with E-state index >= 15 is 0 Å². The molecule has 0 saturated heterocycles. The maximum atomic E-state index is 12.3. The van der Waals surface area contributed by atoms with Crippen molar-refractivity contribution in [2.45, 2.75) is 58.4 Å². The molecule has 1 aliphatic carbocycles. The molecule has 0 aliphatic heterocycles. The molecule has 1 aliphatic rings. The Bertz CT molecular complexity index is 445. The van der Waals surface area contributed by atoms with E-state index in [1.807, 2.05) is 6.92 Å². The number of Topliss-reactive ketones (excluding diaryl/α,β-unsaturated/α-hetero) is 1. The van der Waals surface area contributed by atoms with Gasteiger partial charge in [0, 0.05) is 11.6 Å². The van der Waals surface area contributed by atoms with E-state index < -0.39 is 0 Å². The molecule has 0 spiro atoms. The Morgan fingerprint density at radius 2 is 2.00 bits per heavy atom. The van der Waals surface area contributed by atoms with Crippen molar-refractivity contribution in [3.63, 3.8) is 0 Å². The zero-order valence-corrected chi connectivity index (χ0v) is 12.3. The van der Waals surface area contributed by atoms with E-state index in [1.165, 1.54) is 31.2 Å². The molecule has 2 nitrogen and oxygen atoms in total. The fourth-order valence-electron chi connectivity index (χ4n) is 2.76. The van der Waals surface area contributed by atoms with Gasteiger partial charge < -0.3 is 5.32 Å². The normalized spacial score (nSPS) is 16.2. The Morgan fingerprint density at radius 1 is 1.32 bits per heavy atom. The molecule has 0 unspecified atom stereocenters. The Labute approximate surface area is 116 Å². The number of benzene rings is 1. The lowest BCUT2D eigenvalue weighted by molar-refractivity contribution is 0.0986. The zero-order valence-electron chi connectivity index (χ0n) is 12.3. The molecule has 1 aromatic rings. The summed E-state index contributed by atoms with van der Waals surface area (Å²) in [4.78, 5) is 12.3. The van der Waals surface area contributed by atoms with Gasteiger partial charge in [0.1, 0.15) is 0 Å². The molecule has 19 heavy (non-hydrogen) atoms. The second-order valence-corrected chi connectivity index (χ2v) is 6.01.